The third-order valence-electron chi connectivity index (χ3n) is 6.64. The number of H-pyrrole nitrogens is 1. The van der Waals surface area contributed by atoms with Gasteiger partial charge < -0.3 is 9.55 Å². The second-order valence-electron chi connectivity index (χ2n) is 8.70. The number of nitrogens with one attached hydrogen (secondary N) is 1. The van der Waals surface area contributed by atoms with Crippen LogP contribution in [0.4, 0.5) is 0 Å². The number of hydrogen-bond acceptors (Lipinski definition) is 5. The summed E-state index contributed by atoms with van der Waals surface area (Å²) in [6.45, 7) is 4.38. The van der Waals surface area contributed by atoms with Crippen molar-refractivity contribution in [3.8, 4) is 17.3 Å². The fourth-order valence-corrected chi connectivity index (χ4v) is 6.11. The molecule has 1 aliphatic rings. The van der Waals surface area contributed by atoms with Crippen LogP contribution in [0.15, 0.2) is 43.0 Å². The lowest BCUT2D eigenvalue weighted by molar-refractivity contribution is 0.0893. The van der Waals surface area contributed by atoms with Crippen molar-refractivity contribution in [3.63, 3.8) is 0 Å². The van der Waals surface area contributed by atoms with Crippen molar-refractivity contribution in [1.29, 1.82) is 5.26 Å². The Balaban J connectivity index is 1.72. The van der Waals surface area contributed by atoms with E-state index in [1.165, 1.54) is 9.87 Å². The van der Waals surface area contributed by atoms with E-state index >= 15 is 0 Å². The summed E-state index contributed by atoms with van der Waals surface area (Å²) in [7, 11) is -3.31. The van der Waals surface area contributed by atoms with Gasteiger partial charge in [-0.25, -0.2) is 18.4 Å². The molecule has 1 aliphatic heterocycles. The first-order valence-corrected chi connectivity index (χ1v) is 12.8. The second-order valence-corrected chi connectivity index (χ2v) is 11.0. The molecule has 0 saturated carbocycles. The first-order valence-electron chi connectivity index (χ1n) is 11.2. The van der Waals surface area contributed by atoms with Crippen molar-refractivity contribution in [2.75, 3.05) is 18.8 Å². The molecule has 0 bridgehead atoms. The van der Waals surface area contributed by atoms with E-state index in [-0.39, 0.29) is 12.2 Å². The van der Waals surface area contributed by atoms with Gasteiger partial charge in [0.15, 0.2) is 0 Å². The lowest BCUT2D eigenvalue weighted by Gasteiger charge is -2.49. The second kappa shape index (κ2) is 7.97. The van der Waals surface area contributed by atoms with Gasteiger partial charge in [0.1, 0.15) is 12.0 Å². The van der Waals surface area contributed by atoms with Crippen LogP contribution in [0, 0.1) is 11.3 Å². The quantitative estimate of drug-likeness (QED) is 0.449. The number of nitriles is 1. The predicted octanol–water partition coefficient (Wildman–Crippen LogP) is 3.81. The van der Waals surface area contributed by atoms with Crippen LogP contribution in [0.3, 0.4) is 0 Å². The molecular formula is C24H26N6O2S. The Morgan fingerprint density at radius 2 is 2.00 bits per heavy atom. The average molecular weight is 463 g/mol. The first-order chi connectivity index (χ1) is 15.9. The summed E-state index contributed by atoms with van der Waals surface area (Å²) in [5.41, 5.74) is 4.14. The van der Waals surface area contributed by atoms with Crippen molar-refractivity contribution >= 4 is 32.0 Å². The van der Waals surface area contributed by atoms with Gasteiger partial charge in [-0.3, -0.25) is 0 Å². The Bertz CT molecular complexity index is 1490. The van der Waals surface area contributed by atoms with E-state index in [9.17, 15) is 13.7 Å². The third kappa shape index (κ3) is 3.41. The molecule has 0 radical (unpaired) electrons. The number of benzene rings is 1. The van der Waals surface area contributed by atoms with Crippen LogP contribution in [0.1, 0.15) is 32.3 Å². The summed E-state index contributed by atoms with van der Waals surface area (Å²) in [6.07, 6.45) is 7.65. The van der Waals surface area contributed by atoms with Gasteiger partial charge in [0.25, 0.3) is 0 Å². The SMILES string of the molecule is CCCc1ccc2c(-c3ncnc4[nH]ccc34)cn(C3(CC#N)CN(S(=O)(=O)CC)C3)c2c1. The average Bonchev–Trinajstić information content (AvgIpc) is 3.41. The van der Waals surface area contributed by atoms with Gasteiger partial charge in [0.05, 0.1) is 29.5 Å². The van der Waals surface area contributed by atoms with Crippen LogP contribution < -0.4 is 0 Å². The lowest BCUT2D eigenvalue weighted by Crippen LogP contribution is -2.64. The fraction of sp³-hybridized carbons (Fsp3) is 0.375. The minimum absolute atomic E-state index is 0.0559. The van der Waals surface area contributed by atoms with Crippen molar-refractivity contribution in [3.05, 3.63) is 48.5 Å². The minimum Gasteiger partial charge on any atom is -0.346 e. The molecule has 0 unspecified atom stereocenters. The van der Waals surface area contributed by atoms with Gasteiger partial charge >= 0.3 is 0 Å². The molecule has 9 heteroatoms. The van der Waals surface area contributed by atoms with Gasteiger partial charge in [-0.15, -0.1) is 0 Å². The minimum atomic E-state index is -3.31. The molecule has 1 aromatic carbocycles. The molecule has 1 N–H and O–H groups in total. The van der Waals surface area contributed by atoms with E-state index in [2.05, 4.69) is 50.7 Å². The summed E-state index contributed by atoms with van der Waals surface area (Å²) < 4.78 is 28.5. The van der Waals surface area contributed by atoms with E-state index in [0.29, 0.717) is 13.1 Å². The number of sulfonamides is 1. The van der Waals surface area contributed by atoms with E-state index in [1.54, 1.807) is 13.3 Å². The predicted molar refractivity (Wildman–Crippen MR) is 128 cm³/mol. The highest BCUT2D eigenvalue weighted by atomic mass is 32.2. The zero-order valence-electron chi connectivity index (χ0n) is 18.7. The standard InChI is InChI=1S/C24H26N6O2S/c1-3-5-17-6-7-18-20(22-19-8-11-26-23(19)28-16-27-22)13-30(21(18)12-17)24(9-10-25)14-29(15-24)33(31,32)4-2/h6-8,11-13,16H,3-5,9,14-15H2,1-2H3,(H,26,27,28). The van der Waals surface area contributed by atoms with Crippen LogP contribution in [0.25, 0.3) is 33.2 Å². The van der Waals surface area contributed by atoms with Gasteiger partial charge in [0, 0.05) is 47.3 Å². The molecule has 0 amide bonds. The highest BCUT2D eigenvalue weighted by molar-refractivity contribution is 7.89. The van der Waals surface area contributed by atoms with Crippen LogP contribution in [0.5, 0.6) is 0 Å². The van der Waals surface area contributed by atoms with Gasteiger partial charge in [0.2, 0.25) is 10.0 Å². The Labute approximate surface area is 192 Å². The molecule has 1 fully saturated rings. The first kappa shape index (κ1) is 21.6. The van der Waals surface area contributed by atoms with E-state index in [4.69, 9.17) is 0 Å². The number of hydrogen-bond donors (Lipinski definition) is 1. The highest BCUT2D eigenvalue weighted by Crippen LogP contribution is 2.42. The molecule has 8 nitrogen and oxygen atoms in total. The lowest BCUT2D eigenvalue weighted by atomic mass is 9.88. The van der Waals surface area contributed by atoms with Crippen LogP contribution in [0.2, 0.25) is 0 Å². The molecule has 0 spiro atoms. The third-order valence-corrected chi connectivity index (χ3v) is 8.41. The number of aromatic nitrogens is 4. The zero-order chi connectivity index (χ0) is 23.2. The Morgan fingerprint density at radius 3 is 2.73 bits per heavy atom. The molecule has 33 heavy (non-hydrogen) atoms. The van der Waals surface area contributed by atoms with Crippen molar-refractivity contribution < 1.29 is 8.42 Å². The maximum atomic E-state index is 12.5. The summed E-state index contributed by atoms with van der Waals surface area (Å²) in [4.78, 5) is 12.0. The summed E-state index contributed by atoms with van der Waals surface area (Å²) in [5, 5.41) is 11.6. The fourth-order valence-electron chi connectivity index (χ4n) is 4.87. The van der Waals surface area contributed by atoms with Gasteiger partial charge in [-0.05, 0) is 31.0 Å². The molecule has 0 aliphatic carbocycles. The van der Waals surface area contributed by atoms with E-state index in [1.807, 2.05) is 18.5 Å². The smallest absolute Gasteiger partial charge is 0.213 e. The molecule has 4 heterocycles. The maximum Gasteiger partial charge on any atom is 0.213 e. The van der Waals surface area contributed by atoms with Gasteiger partial charge in [-0.2, -0.15) is 9.57 Å². The number of rotatable bonds is 7. The summed E-state index contributed by atoms with van der Waals surface area (Å²) in [5.74, 6) is 0.0559. The molecule has 0 atom stereocenters. The van der Waals surface area contributed by atoms with Crippen molar-refractivity contribution in [2.45, 2.75) is 38.6 Å². The van der Waals surface area contributed by atoms with Crippen molar-refractivity contribution in [1.82, 2.24) is 23.8 Å². The summed E-state index contributed by atoms with van der Waals surface area (Å²) in [6, 6.07) is 10.7. The number of aromatic amines is 1. The number of fused-ring (bicyclic) bond motifs is 2. The van der Waals surface area contributed by atoms with Crippen LogP contribution >= 0.6 is 0 Å². The Kier molecular flexibility index (Phi) is 5.22. The molecule has 5 rings (SSSR count). The molecule has 170 valence electrons. The zero-order valence-corrected chi connectivity index (χ0v) is 19.6. The number of aryl methyl sites for hydroxylation is 1. The normalized spacial score (nSPS) is 16.2. The Morgan fingerprint density at radius 1 is 1.18 bits per heavy atom. The molecule has 3 aromatic heterocycles. The van der Waals surface area contributed by atoms with Gasteiger partial charge in [-0.1, -0.05) is 25.5 Å². The molecular weight excluding hydrogens is 436 g/mol. The summed E-state index contributed by atoms with van der Waals surface area (Å²) >= 11 is 0. The van der Waals surface area contributed by atoms with Crippen LogP contribution in [-0.2, 0) is 22.0 Å². The largest absolute Gasteiger partial charge is 0.346 e. The van der Waals surface area contributed by atoms with E-state index in [0.717, 1.165) is 46.0 Å². The highest BCUT2D eigenvalue weighted by Gasteiger charge is 2.49. The van der Waals surface area contributed by atoms with Crippen LogP contribution in [-0.4, -0.2) is 51.1 Å². The molecule has 4 aromatic rings. The topological polar surface area (TPSA) is 108 Å². The Hall–Kier alpha value is -3.22. The number of nitrogens with zero attached hydrogens (tertiary/aromatic N) is 5. The molecule has 1 saturated heterocycles. The monoisotopic (exact) mass is 462 g/mol. The van der Waals surface area contributed by atoms with E-state index < -0.39 is 15.6 Å². The maximum absolute atomic E-state index is 12.5. The van der Waals surface area contributed by atoms with Crippen molar-refractivity contribution in [2.24, 2.45) is 0 Å².